The molecule has 4 rings (SSSR count). The average Bonchev–Trinajstić information content (AvgIpc) is 2.99. The van der Waals surface area contributed by atoms with Gasteiger partial charge in [0.15, 0.2) is 11.5 Å². The summed E-state index contributed by atoms with van der Waals surface area (Å²) in [6, 6.07) is 26.2. The van der Waals surface area contributed by atoms with Crippen LogP contribution in [0.3, 0.4) is 0 Å². The molecule has 41 heavy (non-hydrogen) atoms. The molecule has 1 amide bonds. The van der Waals surface area contributed by atoms with Crippen LogP contribution in [0, 0.1) is 0 Å². The lowest BCUT2D eigenvalue weighted by Gasteiger charge is -2.26. The first-order valence-electron chi connectivity index (χ1n) is 12.4. The Balaban J connectivity index is 1.58. The number of rotatable bonds is 12. The second kappa shape index (κ2) is 13.7. The van der Waals surface area contributed by atoms with Crippen LogP contribution in [0.1, 0.15) is 5.56 Å². The zero-order chi connectivity index (χ0) is 29.4. The zero-order valence-corrected chi connectivity index (χ0v) is 25.1. The van der Waals surface area contributed by atoms with Gasteiger partial charge in [0.1, 0.15) is 12.3 Å². The van der Waals surface area contributed by atoms with Gasteiger partial charge in [-0.1, -0.05) is 41.9 Å². The number of halogens is 1. The molecule has 4 aromatic carbocycles. The normalized spacial score (nSPS) is 11.0. The van der Waals surface area contributed by atoms with E-state index in [0.717, 1.165) is 20.5 Å². The van der Waals surface area contributed by atoms with Gasteiger partial charge in [-0.25, -0.2) is 8.42 Å². The number of nitrogens with one attached hydrogen (secondary N) is 1. The molecule has 1 N–H and O–H groups in total. The first kappa shape index (κ1) is 30.1. The lowest BCUT2D eigenvalue weighted by Crippen LogP contribution is -2.38. The summed E-state index contributed by atoms with van der Waals surface area (Å²) in [6.45, 7) is -0.543. The van der Waals surface area contributed by atoms with E-state index in [0.29, 0.717) is 11.4 Å². The quantitative estimate of drug-likeness (QED) is 0.183. The Kier molecular flexibility index (Phi) is 10.0. The summed E-state index contributed by atoms with van der Waals surface area (Å²) >= 11 is 7.94. The lowest BCUT2D eigenvalue weighted by atomic mass is 10.2. The van der Waals surface area contributed by atoms with Crippen LogP contribution in [0.15, 0.2) is 101 Å². The van der Waals surface area contributed by atoms with Crippen molar-refractivity contribution in [2.45, 2.75) is 15.5 Å². The molecule has 0 spiro atoms. The fraction of sp³-hybridized carbons (Fsp3) is 0.167. The summed E-state index contributed by atoms with van der Waals surface area (Å²) in [7, 11) is -0.0245. The fourth-order valence-electron chi connectivity index (χ4n) is 3.96. The summed E-state index contributed by atoms with van der Waals surface area (Å²) in [5.41, 5.74) is 1.72. The molecule has 0 heterocycles. The summed E-state index contributed by atoms with van der Waals surface area (Å²) in [4.78, 5) is 14.3. The SMILES string of the molecule is COc1ccc(S(=O)(=O)N(CC(=O)Nc2ccc(CSc3ccccc3)cc2)c2cc(Cl)ccc2OC)cc1OC. The first-order valence-corrected chi connectivity index (χ1v) is 15.2. The first-order chi connectivity index (χ1) is 19.7. The van der Waals surface area contributed by atoms with E-state index in [2.05, 4.69) is 17.4 Å². The molecule has 214 valence electrons. The van der Waals surface area contributed by atoms with Gasteiger partial charge < -0.3 is 19.5 Å². The number of sulfonamides is 1. The van der Waals surface area contributed by atoms with Crippen LogP contribution in [-0.4, -0.2) is 42.2 Å². The Morgan fingerprint density at radius 3 is 2.15 bits per heavy atom. The molecule has 11 heteroatoms. The monoisotopic (exact) mass is 612 g/mol. The highest BCUT2D eigenvalue weighted by molar-refractivity contribution is 7.98. The molecule has 4 aromatic rings. The number of anilines is 2. The topological polar surface area (TPSA) is 94.2 Å². The van der Waals surface area contributed by atoms with Crippen LogP contribution < -0.4 is 23.8 Å². The highest BCUT2D eigenvalue weighted by Gasteiger charge is 2.30. The minimum absolute atomic E-state index is 0.106. The van der Waals surface area contributed by atoms with Gasteiger partial charge in [-0.3, -0.25) is 9.10 Å². The van der Waals surface area contributed by atoms with E-state index in [9.17, 15) is 13.2 Å². The second-order valence-corrected chi connectivity index (χ2v) is 12.0. The van der Waals surface area contributed by atoms with Crippen LogP contribution in [0.25, 0.3) is 0 Å². The Bertz CT molecular complexity index is 1600. The number of benzene rings is 4. The van der Waals surface area contributed by atoms with Crippen molar-refractivity contribution >= 4 is 50.7 Å². The number of carbonyl (C=O) groups excluding carboxylic acids is 1. The van der Waals surface area contributed by atoms with E-state index in [4.69, 9.17) is 25.8 Å². The van der Waals surface area contributed by atoms with Crippen LogP contribution in [-0.2, 0) is 20.6 Å². The maximum atomic E-state index is 14.0. The van der Waals surface area contributed by atoms with Crippen molar-refractivity contribution in [3.63, 3.8) is 0 Å². The minimum atomic E-state index is -4.29. The molecule has 0 fully saturated rings. The van der Waals surface area contributed by atoms with Gasteiger partial charge >= 0.3 is 0 Å². The molecule has 0 aliphatic heterocycles. The molecular weight excluding hydrogens is 584 g/mol. The number of methoxy groups -OCH3 is 3. The lowest BCUT2D eigenvalue weighted by molar-refractivity contribution is -0.114. The molecule has 0 bridgehead atoms. The molecule has 0 unspecified atom stereocenters. The molecule has 0 aliphatic carbocycles. The summed E-state index contributed by atoms with van der Waals surface area (Å²) in [5.74, 6) is 1.03. The molecular formula is C30H29ClN2O6S2. The molecule has 0 radical (unpaired) electrons. The van der Waals surface area contributed by atoms with Gasteiger partial charge in [-0.2, -0.15) is 0 Å². The Morgan fingerprint density at radius 2 is 1.49 bits per heavy atom. The third kappa shape index (κ3) is 7.46. The number of nitrogens with zero attached hydrogens (tertiary/aromatic N) is 1. The van der Waals surface area contributed by atoms with Crippen LogP contribution in [0.2, 0.25) is 5.02 Å². The zero-order valence-electron chi connectivity index (χ0n) is 22.7. The van der Waals surface area contributed by atoms with Crippen molar-refractivity contribution in [1.29, 1.82) is 0 Å². The molecule has 8 nitrogen and oxygen atoms in total. The van der Waals surface area contributed by atoms with Crippen molar-refractivity contribution in [3.05, 3.63) is 102 Å². The predicted molar refractivity (Wildman–Crippen MR) is 163 cm³/mol. The highest BCUT2D eigenvalue weighted by atomic mass is 35.5. The van der Waals surface area contributed by atoms with E-state index in [-0.39, 0.29) is 27.1 Å². The van der Waals surface area contributed by atoms with E-state index in [1.54, 1.807) is 36.0 Å². The van der Waals surface area contributed by atoms with Crippen molar-refractivity contribution in [2.24, 2.45) is 0 Å². The van der Waals surface area contributed by atoms with E-state index < -0.39 is 22.5 Å². The molecule has 0 saturated heterocycles. The molecule has 0 saturated carbocycles. The van der Waals surface area contributed by atoms with Crippen molar-refractivity contribution in [2.75, 3.05) is 37.5 Å². The van der Waals surface area contributed by atoms with Gasteiger partial charge in [0.05, 0.1) is 31.9 Å². The van der Waals surface area contributed by atoms with Crippen LogP contribution in [0.5, 0.6) is 17.2 Å². The van der Waals surface area contributed by atoms with Crippen molar-refractivity contribution < 1.29 is 27.4 Å². The Morgan fingerprint density at radius 1 is 0.829 bits per heavy atom. The Hall–Kier alpha value is -3.86. The average molecular weight is 613 g/mol. The van der Waals surface area contributed by atoms with E-state index in [1.807, 2.05) is 30.3 Å². The second-order valence-electron chi connectivity index (χ2n) is 8.69. The number of thioether (sulfide) groups is 1. The number of hydrogen-bond acceptors (Lipinski definition) is 7. The Labute approximate surface area is 249 Å². The van der Waals surface area contributed by atoms with Gasteiger partial charge in [0.25, 0.3) is 10.0 Å². The maximum absolute atomic E-state index is 14.0. The number of carbonyl (C=O) groups is 1. The maximum Gasteiger partial charge on any atom is 0.265 e. The third-order valence-corrected chi connectivity index (χ3v) is 9.10. The van der Waals surface area contributed by atoms with Crippen LogP contribution in [0.4, 0.5) is 11.4 Å². The third-order valence-electron chi connectivity index (χ3n) is 6.03. The largest absolute Gasteiger partial charge is 0.495 e. The van der Waals surface area contributed by atoms with E-state index >= 15 is 0 Å². The molecule has 0 aliphatic rings. The van der Waals surface area contributed by atoms with Gasteiger partial charge in [-0.05, 0) is 60.2 Å². The number of ether oxygens (including phenoxy) is 3. The van der Waals surface area contributed by atoms with E-state index in [1.165, 1.54) is 45.6 Å². The summed E-state index contributed by atoms with van der Waals surface area (Å²) in [6.07, 6.45) is 0. The fourth-order valence-corrected chi connectivity index (χ4v) is 6.44. The van der Waals surface area contributed by atoms with Gasteiger partial charge in [-0.15, -0.1) is 11.8 Å². The van der Waals surface area contributed by atoms with Gasteiger partial charge in [0.2, 0.25) is 5.91 Å². The van der Waals surface area contributed by atoms with Crippen LogP contribution >= 0.6 is 23.4 Å². The van der Waals surface area contributed by atoms with Crippen molar-refractivity contribution in [1.82, 2.24) is 0 Å². The minimum Gasteiger partial charge on any atom is -0.495 e. The van der Waals surface area contributed by atoms with Gasteiger partial charge in [0, 0.05) is 27.4 Å². The standard InChI is InChI=1S/C30H29ClN2O6S2/c1-37-27-15-11-22(31)17-26(27)33(41(35,36)25-14-16-28(38-2)29(18-25)39-3)19-30(34)32-23-12-9-21(10-13-23)20-40-24-7-5-4-6-8-24/h4-18H,19-20H2,1-3H3,(H,32,34). The predicted octanol–water partition coefficient (Wildman–Crippen LogP) is 6.49. The number of amides is 1. The molecule has 0 atom stereocenters. The summed E-state index contributed by atoms with van der Waals surface area (Å²) in [5, 5.41) is 3.06. The van der Waals surface area contributed by atoms with Crippen molar-refractivity contribution in [3.8, 4) is 17.2 Å². The highest BCUT2D eigenvalue weighted by Crippen LogP contribution is 2.37. The molecule has 0 aromatic heterocycles. The smallest absolute Gasteiger partial charge is 0.265 e. The number of hydrogen-bond donors (Lipinski definition) is 1. The summed E-state index contributed by atoms with van der Waals surface area (Å²) < 4.78 is 44.8.